The van der Waals surface area contributed by atoms with Crippen LogP contribution in [0.25, 0.3) is 33.3 Å². The first-order chi connectivity index (χ1) is 16.4. The van der Waals surface area contributed by atoms with E-state index in [0.29, 0.717) is 14.9 Å². The summed E-state index contributed by atoms with van der Waals surface area (Å²) < 4.78 is 7.36. The van der Waals surface area contributed by atoms with Gasteiger partial charge in [-0.05, 0) is 72.3 Å². The van der Waals surface area contributed by atoms with E-state index in [1.54, 1.807) is 13.2 Å². The van der Waals surface area contributed by atoms with Crippen molar-refractivity contribution in [1.82, 2.24) is 9.78 Å². The van der Waals surface area contributed by atoms with Crippen molar-refractivity contribution in [3.8, 4) is 28.3 Å². The third-order valence-electron chi connectivity index (χ3n) is 5.78. The Balaban J connectivity index is 1.67. The van der Waals surface area contributed by atoms with Gasteiger partial charge in [-0.2, -0.15) is 5.10 Å². The van der Waals surface area contributed by atoms with Crippen molar-refractivity contribution in [1.29, 1.82) is 0 Å². The van der Waals surface area contributed by atoms with Crippen LogP contribution in [0, 0.1) is 0 Å². The van der Waals surface area contributed by atoms with Crippen LogP contribution in [0.5, 0.6) is 5.75 Å². The average molecular weight is 507 g/mol. The smallest absolute Gasteiger partial charge is 0.160 e. The summed E-state index contributed by atoms with van der Waals surface area (Å²) in [4.78, 5) is 13.0. The fourth-order valence-electron chi connectivity index (χ4n) is 4.03. The Labute approximate surface area is 211 Å². The summed E-state index contributed by atoms with van der Waals surface area (Å²) in [5, 5.41) is 8.26. The molecular formula is C27H20Cl2N2O2S. The maximum Gasteiger partial charge on any atom is 0.160 e. The summed E-state index contributed by atoms with van der Waals surface area (Å²) in [6, 6.07) is 23.6. The van der Waals surface area contributed by atoms with Crippen LogP contribution in [0.2, 0.25) is 10.0 Å². The summed E-state index contributed by atoms with van der Waals surface area (Å²) in [5.74, 6) is 0.822. The molecule has 0 fully saturated rings. The molecule has 3 aromatic carbocycles. The van der Waals surface area contributed by atoms with E-state index in [4.69, 9.17) is 33.0 Å². The highest BCUT2D eigenvalue weighted by molar-refractivity contribution is 7.13. The first kappa shape index (κ1) is 22.7. The van der Waals surface area contributed by atoms with E-state index in [1.807, 2.05) is 41.1 Å². The number of fused-ring (bicyclic) bond motifs is 1. The normalized spacial score (nSPS) is 12.1. The zero-order valence-electron chi connectivity index (χ0n) is 18.5. The Hall–Kier alpha value is -3.12. The molecule has 2 aromatic heterocycles. The van der Waals surface area contributed by atoms with Crippen LogP contribution in [0.3, 0.4) is 0 Å². The minimum absolute atomic E-state index is 0.0799. The van der Waals surface area contributed by atoms with E-state index in [2.05, 4.69) is 37.3 Å². The number of aromatic nitrogens is 2. The fourth-order valence-corrected chi connectivity index (χ4v) is 5.42. The Kier molecular flexibility index (Phi) is 6.17. The maximum absolute atomic E-state index is 11.2. The Morgan fingerprint density at radius 3 is 2.35 bits per heavy atom. The molecule has 5 aromatic rings. The van der Waals surface area contributed by atoms with Crippen molar-refractivity contribution in [3.05, 3.63) is 92.6 Å². The highest BCUT2D eigenvalue weighted by atomic mass is 35.5. The van der Waals surface area contributed by atoms with Gasteiger partial charge in [0.2, 0.25) is 0 Å². The van der Waals surface area contributed by atoms with Gasteiger partial charge in [0, 0.05) is 26.0 Å². The van der Waals surface area contributed by atoms with Gasteiger partial charge < -0.3 is 4.74 Å². The van der Waals surface area contributed by atoms with Crippen molar-refractivity contribution in [3.63, 3.8) is 0 Å². The summed E-state index contributed by atoms with van der Waals surface area (Å²) in [7, 11) is 1.67. The lowest BCUT2D eigenvalue weighted by Crippen LogP contribution is -2.09. The molecule has 0 radical (unpaired) electrons. The largest absolute Gasteiger partial charge is 0.497 e. The summed E-state index contributed by atoms with van der Waals surface area (Å²) in [6.45, 7) is 2.08. The van der Waals surface area contributed by atoms with E-state index in [1.165, 1.54) is 11.3 Å². The van der Waals surface area contributed by atoms with Gasteiger partial charge in [-0.15, -0.1) is 11.3 Å². The molecule has 0 saturated carbocycles. The zero-order valence-corrected chi connectivity index (χ0v) is 20.8. The van der Waals surface area contributed by atoms with Crippen LogP contribution >= 0.6 is 34.5 Å². The zero-order chi connectivity index (χ0) is 23.8. The van der Waals surface area contributed by atoms with Gasteiger partial charge in [0.05, 0.1) is 29.4 Å². The van der Waals surface area contributed by atoms with Gasteiger partial charge in [0.25, 0.3) is 0 Å². The number of ether oxygens (including phenoxy) is 1. The standard InChI is InChI=1S/C27H20Cl2N2O2S/c1-16(27-8-7-24(15-32)34-27)31-26(14-25(30-31)20-10-21(28)13-22(29)11-20)19-4-3-18-12-23(33-2)6-5-17(18)9-19/h3-16H,1-2H3. The number of aldehydes is 1. The predicted octanol–water partition coefficient (Wildman–Crippen LogP) is 8.17. The van der Waals surface area contributed by atoms with Gasteiger partial charge >= 0.3 is 0 Å². The van der Waals surface area contributed by atoms with Gasteiger partial charge in [-0.1, -0.05) is 41.4 Å². The number of carbonyl (C=O) groups excluding carboxylic acids is 1. The molecule has 0 saturated heterocycles. The average Bonchev–Trinajstić information content (AvgIpc) is 3.50. The van der Waals surface area contributed by atoms with E-state index >= 15 is 0 Å². The first-order valence-corrected chi connectivity index (χ1v) is 12.2. The summed E-state index contributed by atoms with van der Waals surface area (Å²) >= 11 is 14.0. The highest BCUT2D eigenvalue weighted by Gasteiger charge is 2.20. The van der Waals surface area contributed by atoms with E-state index in [0.717, 1.165) is 50.2 Å². The molecule has 0 aliphatic rings. The van der Waals surface area contributed by atoms with Crippen LogP contribution in [0.1, 0.15) is 27.5 Å². The van der Waals surface area contributed by atoms with Crippen molar-refractivity contribution < 1.29 is 9.53 Å². The van der Waals surface area contributed by atoms with Crippen LogP contribution < -0.4 is 4.74 Å². The van der Waals surface area contributed by atoms with Crippen molar-refractivity contribution in [2.75, 3.05) is 7.11 Å². The van der Waals surface area contributed by atoms with Gasteiger partial charge in [-0.3, -0.25) is 9.48 Å². The maximum atomic E-state index is 11.2. The minimum Gasteiger partial charge on any atom is -0.497 e. The van der Waals surface area contributed by atoms with Gasteiger partial charge in [0.1, 0.15) is 5.75 Å². The van der Waals surface area contributed by atoms with E-state index < -0.39 is 0 Å². The molecule has 0 bridgehead atoms. The summed E-state index contributed by atoms with van der Waals surface area (Å²) in [6.07, 6.45) is 0.877. The molecule has 0 amide bonds. The molecule has 0 aliphatic heterocycles. The first-order valence-electron chi connectivity index (χ1n) is 10.6. The number of thiophene rings is 1. The van der Waals surface area contributed by atoms with Crippen molar-refractivity contribution in [2.45, 2.75) is 13.0 Å². The third-order valence-corrected chi connectivity index (χ3v) is 7.40. The second kappa shape index (κ2) is 9.26. The minimum atomic E-state index is -0.0799. The number of benzene rings is 3. The Morgan fingerprint density at radius 1 is 0.912 bits per heavy atom. The molecular weight excluding hydrogens is 487 g/mol. The van der Waals surface area contributed by atoms with Gasteiger partial charge in [-0.25, -0.2) is 0 Å². The lowest BCUT2D eigenvalue weighted by atomic mass is 10.0. The number of halogens is 2. The topological polar surface area (TPSA) is 44.1 Å². The molecule has 7 heteroatoms. The molecule has 1 unspecified atom stereocenters. The molecule has 0 N–H and O–H groups in total. The van der Waals surface area contributed by atoms with Crippen LogP contribution in [0.4, 0.5) is 0 Å². The molecule has 0 aliphatic carbocycles. The lowest BCUT2D eigenvalue weighted by Gasteiger charge is -2.15. The quantitative estimate of drug-likeness (QED) is 0.218. The predicted molar refractivity (Wildman–Crippen MR) is 141 cm³/mol. The van der Waals surface area contributed by atoms with E-state index in [9.17, 15) is 4.79 Å². The lowest BCUT2D eigenvalue weighted by molar-refractivity contribution is 0.112. The number of methoxy groups -OCH3 is 1. The molecule has 34 heavy (non-hydrogen) atoms. The molecule has 4 nitrogen and oxygen atoms in total. The second-order valence-electron chi connectivity index (χ2n) is 7.98. The molecule has 0 spiro atoms. The third kappa shape index (κ3) is 4.34. The van der Waals surface area contributed by atoms with E-state index in [-0.39, 0.29) is 6.04 Å². The number of hydrogen-bond donors (Lipinski definition) is 0. The van der Waals surface area contributed by atoms with Crippen molar-refractivity contribution >= 4 is 51.6 Å². The summed E-state index contributed by atoms with van der Waals surface area (Å²) in [5.41, 5.74) is 3.60. The highest BCUT2D eigenvalue weighted by Crippen LogP contribution is 2.36. The van der Waals surface area contributed by atoms with Crippen LogP contribution in [0.15, 0.2) is 72.8 Å². The molecule has 1 atom stereocenters. The Morgan fingerprint density at radius 2 is 1.65 bits per heavy atom. The van der Waals surface area contributed by atoms with Gasteiger partial charge in [0.15, 0.2) is 6.29 Å². The van der Waals surface area contributed by atoms with Crippen molar-refractivity contribution in [2.24, 2.45) is 0 Å². The molecule has 2 heterocycles. The number of hydrogen-bond acceptors (Lipinski definition) is 4. The Bertz CT molecular complexity index is 1500. The number of nitrogens with zero attached hydrogens (tertiary/aromatic N) is 2. The number of carbonyl (C=O) groups is 1. The molecule has 170 valence electrons. The SMILES string of the molecule is COc1ccc2cc(-c3cc(-c4cc(Cl)cc(Cl)c4)nn3C(C)c3ccc(C=O)s3)ccc2c1. The number of rotatable bonds is 6. The molecule has 5 rings (SSSR count). The second-order valence-corrected chi connectivity index (χ2v) is 10.00. The monoisotopic (exact) mass is 506 g/mol. The fraction of sp³-hybridized carbons (Fsp3) is 0.111. The van der Waals surface area contributed by atoms with Crippen LogP contribution in [-0.2, 0) is 0 Å². The van der Waals surface area contributed by atoms with Crippen LogP contribution in [-0.4, -0.2) is 23.2 Å².